The molecule has 20 heavy (non-hydrogen) atoms. The monoisotopic (exact) mass is 268 g/mol. The normalized spacial score (nSPS) is 10.3. The molecule has 0 amide bonds. The van der Waals surface area contributed by atoms with Gasteiger partial charge in [0.1, 0.15) is 0 Å². The molecule has 2 aromatic carbocycles. The van der Waals surface area contributed by atoms with E-state index in [0.29, 0.717) is 0 Å². The highest BCUT2D eigenvalue weighted by atomic mass is 15.1. The third-order valence-electron chi connectivity index (χ3n) is 3.48. The number of hydrogen-bond donors (Lipinski definition) is 1. The zero-order valence-electron chi connectivity index (χ0n) is 12.7. The highest BCUT2D eigenvalue weighted by molar-refractivity contribution is 5.49. The van der Waals surface area contributed by atoms with Gasteiger partial charge in [-0.05, 0) is 56.2 Å². The van der Waals surface area contributed by atoms with Crippen LogP contribution >= 0.6 is 0 Å². The van der Waals surface area contributed by atoms with Gasteiger partial charge in [-0.25, -0.2) is 0 Å². The van der Waals surface area contributed by atoms with Gasteiger partial charge < -0.3 is 10.2 Å². The molecule has 2 heteroatoms. The molecular formula is C18H24N2. The minimum absolute atomic E-state index is 0.950. The average molecular weight is 268 g/mol. The Morgan fingerprint density at radius 1 is 0.950 bits per heavy atom. The molecule has 0 aromatic heterocycles. The minimum Gasteiger partial charge on any atom is -0.383 e. The molecular weight excluding hydrogens is 244 g/mol. The summed E-state index contributed by atoms with van der Waals surface area (Å²) in [6.07, 6.45) is 0. The van der Waals surface area contributed by atoms with E-state index in [-0.39, 0.29) is 0 Å². The molecule has 0 saturated carbocycles. The Hall–Kier alpha value is -1.96. The average Bonchev–Trinajstić information content (AvgIpc) is 2.44. The first-order valence-corrected chi connectivity index (χ1v) is 7.31. The summed E-state index contributed by atoms with van der Waals surface area (Å²) in [6, 6.07) is 17.2. The van der Waals surface area contributed by atoms with Gasteiger partial charge in [-0.3, -0.25) is 0 Å². The second-order valence-electron chi connectivity index (χ2n) is 5.21. The molecule has 2 rings (SSSR count). The van der Waals surface area contributed by atoms with E-state index < -0.39 is 0 Å². The summed E-state index contributed by atoms with van der Waals surface area (Å²) in [5.74, 6) is 0. The molecule has 1 N–H and O–H groups in total. The topological polar surface area (TPSA) is 15.3 Å². The Bertz CT molecular complexity index is 549. The molecule has 106 valence electrons. The largest absolute Gasteiger partial charge is 0.383 e. The number of nitrogens with one attached hydrogen (secondary N) is 1. The van der Waals surface area contributed by atoms with Gasteiger partial charge in [0.2, 0.25) is 0 Å². The highest BCUT2D eigenvalue weighted by Crippen LogP contribution is 2.15. The van der Waals surface area contributed by atoms with Crippen molar-refractivity contribution in [3.05, 3.63) is 59.7 Å². The molecule has 0 atom stereocenters. The molecule has 0 radical (unpaired) electrons. The molecule has 0 saturated heterocycles. The summed E-state index contributed by atoms with van der Waals surface area (Å²) < 4.78 is 0. The Kier molecular flexibility index (Phi) is 5.05. The van der Waals surface area contributed by atoms with E-state index in [1.807, 2.05) is 0 Å². The van der Waals surface area contributed by atoms with Crippen LogP contribution in [0.4, 0.5) is 11.4 Å². The van der Waals surface area contributed by atoms with Gasteiger partial charge in [-0.1, -0.05) is 24.3 Å². The number of aryl methyl sites for hydroxylation is 2. The first-order chi connectivity index (χ1) is 9.69. The summed E-state index contributed by atoms with van der Waals surface area (Å²) >= 11 is 0. The van der Waals surface area contributed by atoms with Gasteiger partial charge in [0.05, 0.1) is 0 Å². The van der Waals surface area contributed by atoms with Crippen LogP contribution in [0.3, 0.4) is 0 Å². The van der Waals surface area contributed by atoms with E-state index in [2.05, 4.69) is 79.5 Å². The van der Waals surface area contributed by atoms with Gasteiger partial charge >= 0.3 is 0 Å². The Morgan fingerprint density at radius 3 is 2.30 bits per heavy atom. The van der Waals surface area contributed by atoms with E-state index in [1.165, 1.54) is 22.5 Å². The van der Waals surface area contributed by atoms with Crippen molar-refractivity contribution in [2.24, 2.45) is 0 Å². The summed E-state index contributed by atoms with van der Waals surface area (Å²) in [5, 5.41) is 3.49. The highest BCUT2D eigenvalue weighted by Gasteiger charge is 2.03. The van der Waals surface area contributed by atoms with Crippen LogP contribution in [0, 0.1) is 13.8 Å². The molecule has 0 fully saturated rings. The van der Waals surface area contributed by atoms with E-state index in [4.69, 9.17) is 0 Å². The number of nitrogens with zero attached hydrogens (tertiary/aromatic N) is 1. The van der Waals surface area contributed by atoms with Crippen LogP contribution in [0.5, 0.6) is 0 Å². The van der Waals surface area contributed by atoms with Crippen LogP contribution in [-0.2, 0) is 0 Å². The molecule has 0 aliphatic heterocycles. The van der Waals surface area contributed by atoms with E-state index in [9.17, 15) is 0 Å². The SMILES string of the molecule is CCN(CCNc1cccc(C)c1)c1cccc(C)c1. The summed E-state index contributed by atoms with van der Waals surface area (Å²) in [6.45, 7) is 9.45. The van der Waals surface area contributed by atoms with E-state index >= 15 is 0 Å². The van der Waals surface area contributed by atoms with Crippen molar-refractivity contribution in [1.82, 2.24) is 0 Å². The van der Waals surface area contributed by atoms with Crippen molar-refractivity contribution >= 4 is 11.4 Å². The summed E-state index contributed by atoms with van der Waals surface area (Å²) in [4.78, 5) is 2.40. The first-order valence-electron chi connectivity index (χ1n) is 7.31. The van der Waals surface area contributed by atoms with Crippen LogP contribution in [0.15, 0.2) is 48.5 Å². The predicted octanol–water partition coefficient (Wildman–Crippen LogP) is 4.24. The second-order valence-corrected chi connectivity index (χ2v) is 5.21. The zero-order valence-corrected chi connectivity index (χ0v) is 12.7. The maximum atomic E-state index is 3.49. The predicted molar refractivity (Wildman–Crippen MR) is 88.7 cm³/mol. The van der Waals surface area contributed by atoms with Crippen LogP contribution in [0.25, 0.3) is 0 Å². The third kappa shape index (κ3) is 4.02. The standard InChI is InChI=1S/C18H24N2/c1-4-20(18-10-6-8-16(3)14-18)12-11-19-17-9-5-7-15(2)13-17/h5-10,13-14,19H,4,11-12H2,1-3H3. The van der Waals surface area contributed by atoms with Crippen molar-refractivity contribution < 1.29 is 0 Å². The van der Waals surface area contributed by atoms with Gasteiger partial charge in [0.25, 0.3) is 0 Å². The van der Waals surface area contributed by atoms with Crippen LogP contribution in [0.2, 0.25) is 0 Å². The van der Waals surface area contributed by atoms with E-state index in [0.717, 1.165) is 19.6 Å². The Morgan fingerprint density at radius 2 is 1.65 bits per heavy atom. The number of hydrogen-bond acceptors (Lipinski definition) is 2. The van der Waals surface area contributed by atoms with Gasteiger partial charge in [-0.2, -0.15) is 0 Å². The maximum absolute atomic E-state index is 3.49. The lowest BCUT2D eigenvalue weighted by molar-refractivity contribution is 0.834. The number of rotatable bonds is 6. The zero-order chi connectivity index (χ0) is 14.4. The Balaban J connectivity index is 1.91. The summed E-state index contributed by atoms with van der Waals surface area (Å²) in [5.41, 5.74) is 5.11. The quantitative estimate of drug-likeness (QED) is 0.843. The van der Waals surface area contributed by atoms with Gasteiger partial charge in [-0.15, -0.1) is 0 Å². The molecule has 2 aromatic rings. The van der Waals surface area contributed by atoms with Crippen LogP contribution < -0.4 is 10.2 Å². The molecule has 0 unspecified atom stereocenters. The molecule has 0 bridgehead atoms. The molecule has 0 aliphatic rings. The maximum Gasteiger partial charge on any atom is 0.0369 e. The second kappa shape index (κ2) is 6.99. The molecule has 0 spiro atoms. The Labute approximate surface area is 122 Å². The van der Waals surface area contributed by atoms with E-state index in [1.54, 1.807) is 0 Å². The van der Waals surface area contributed by atoms with Gasteiger partial charge in [0.15, 0.2) is 0 Å². The molecule has 2 nitrogen and oxygen atoms in total. The lowest BCUT2D eigenvalue weighted by atomic mass is 10.2. The van der Waals surface area contributed by atoms with Crippen molar-refractivity contribution in [3.63, 3.8) is 0 Å². The first kappa shape index (κ1) is 14.4. The van der Waals surface area contributed by atoms with Gasteiger partial charge in [0, 0.05) is 31.0 Å². The lowest BCUT2D eigenvalue weighted by Crippen LogP contribution is -2.28. The van der Waals surface area contributed by atoms with Crippen molar-refractivity contribution in [2.45, 2.75) is 20.8 Å². The number of benzene rings is 2. The number of likely N-dealkylation sites (N-methyl/N-ethyl adjacent to an activating group) is 1. The number of anilines is 2. The van der Waals surface area contributed by atoms with Crippen molar-refractivity contribution in [3.8, 4) is 0 Å². The summed E-state index contributed by atoms with van der Waals surface area (Å²) in [7, 11) is 0. The minimum atomic E-state index is 0.950. The lowest BCUT2D eigenvalue weighted by Gasteiger charge is -2.24. The smallest absolute Gasteiger partial charge is 0.0369 e. The molecule has 0 aliphatic carbocycles. The van der Waals surface area contributed by atoms with Crippen LogP contribution in [-0.4, -0.2) is 19.6 Å². The fourth-order valence-corrected chi connectivity index (χ4v) is 2.38. The molecule has 0 heterocycles. The van der Waals surface area contributed by atoms with Crippen molar-refractivity contribution in [2.75, 3.05) is 29.9 Å². The van der Waals surface area contributed by atoms with Crippen molar-refractivity contribution in [1.29, 1.82) is 0 Å². The third-order valence-corrected chi connectivity index (χ3v) is 3.48. The van der Waals surface area contributed by atoms with Crippen LogP contribution in [0.1, 0.15) is 18.1 Å². The fraction of sp³-hybridized carbons (Fsp3) is 0.333. The fourth-order valence-electron chi connectivity index (χ4n) is 2.38.